The number of aliphatic carboxylic acids is 1. The van der Waals surface area contributed by atoms with Gasteiger partial charge in [0.15, 0.2) is 14.9 Å². The lowest BCUT2D eigenvalue weighted by Gasteiger charge is -2.25. The summed E-state index contributed by atoms with van der Waals surface area (Å²) < 4.78 is 65.7. The van der Waals surface area contributed by atoms with Crippen molar-refractivity contribution in [2.24, 2.45) is 0 Å². The molecule has 0 aliphatic carbocycles. The van der Waals surface area contributed by atoms with Crippen molar-refractivity contribution in [3.05, 3.63) is 47.8 Å². The second-order valence-corrected chi connectivity index (χ2v) is 10.7. The van der Waals surface area contributed by atoms with E-state index < -0.39 is 27.5 Å². The van der Waals surface area contributed by atoms with Gasteiger partial charge in [-0.2, -0.15) is 13.2 Å². The first kappa shape index (κ1) is 22.7. The number of hydrogen-bond donors (Lipinski definition) is 1. The predicted molar refractivity (Wildman–Crippen MR) is 113 cm³/mol. The number of sulfone groups is 1. The van der Waals surface area contributed by atoms with E-state index in [2.05, 4.69) is 4.98 Å². The maximum Gasteiger partial charge on any atom is 0.416 e. The monoisotopic (exact) mass is 484 g/mol. The molecule has 0 saturated heterocycles. The van der Waals surface area contributed by atoms with Crippen molar-refractivity contribution in [2.45, 2.75) is 52.7 Å². The van der Waals surface area contributed by atoms with Gasteiger partial charge >= 0.3 is 12.1 Å². The van der Waals surface area contributed by atoms with Gasteiger partial charge < -0.3 is 9.67 Å². The van der Waals surface area contributed by atoms with Crippen LogP contribution in [-0.2, 0) is 27.4 Å². The third kappa shape index (κ3) is 4.23. The van der Waals surface area contributed by atoms with Crippen LogP contribution in [0.5, 0.6) is 0 Å². The normalized spacial score (nSPS) is 16.8. The minimum Gasteiger partial charge on any atom is -0.481 e. The largest absolute Gasteiger partial charge is 0.481 e. The van der Waals surface area contributed by atoms with Gasteiger partial charge in [-0.15, -0.1) is 0 Å². The molecule has 0 radical (unpaired) electrons. The molecule has 0 fully saturated rings. The summed E-state index contributed by atoms with van der Waals surface area (Å²) in [6, 6.07) is 6.28. The number of carboxylic acids is 1. The third-order valence-electron chi connectivity index (χ3n) is 5.43. The van der Waals surface area contributed by atoms with Gasteiger partial charge in [-0.1, -0.05) is 11.8 Å². The van der Waals surface area contributed by atoms with Gasteiger partial charge in [0, 0.05) is 40.4 Å². The van der Waals surface area contributed by atoms with Crippen molar-refractivity contribution >= 4 is 38.5 Å². The van der Waals surface area contributed by atoms with E-state index in [-0.39, 0.29) is 17.4 Å². The molecule has 3 heterocycles. The molecule has 32 heavy (non-hydrogen) atoms. The first-order valence-electron chi connectivity index (χ1n) is 9.75. The number of carboxylic acid groups (broad SMARTS) is 1. The Kier molecular flexibility index (Phi) is 5.74. The molecule has 11 heteroatoms. The van der Waals surface area contributed by atoms with Crippen molar-refractivity contribution in [3.8, 4) is 0 Å². The number of aromatic nitrogens is 2. The zero-order chi connectivity index (χ0) is 23.3. The Morgan fingerprint density at radius 3 is 2.53 bits per heavy atom. The molecule has 4 rings (SSSR count). The zero-order valence-electron chi connectivity index (χ0n) is 16.9. The molecule has 1 atom stereocenters. The van der Waals surface area contributed by atoms with Gasteiger partial charge in [-0.3, -0.25) is 4.79 Å². The number of hydrogen-bond acceptors (Lipinski definition) is 5. The lowest BCUT2D eigenvalue weighted by Crippen LogP contribution is -2.18. The summed E-state index contributed by atoms with van der Waals surface area (Å²) in [4.78, 5) is 16.6. The van der Waals surface area contributed by atoms with E-state index in [1.165, 1.54) is 18.3 Å². The van der Waals surface area contributed by atoms with E-state index in [9.17, 15) is 31.5 Å². The van der Waals surface area contributed by atoms with Crippen LogP contribution in [0, 0.1) is 0 Å². The number of alkyl halides is 3. The molecule has 2 aromatic heterocycles. The Hall–Kier alpha value is -2.53. The predicted octanol–water partition coefficient (Wildman–Crippen LogP) is 4.96. The number of fused-ring (bicyclic) bond motifs is 3. The minimum atomic E-state index is -4.47. The quantitative estimate of drug-likeness (QED) is 0.551. The maximum absolute atomic E-state index is 12.9. The van der Waals surface area contributed by atoms with Gasteiger partial charge in [0.2, 0.25) is 0 Å². The molecule has 1 N–H and O–H groups in total. The summed E-state index contributed by atoms with van der Waals surface area (Å²) in [5.74, 6) is -1.32. The molecule has 1 aliphatic heterocycles. The highest BCUT2D eigenvalue weighted by Gasteiger charge is 2.33. The van der Waals surface area contributed by atoms with E-state index in [1.807, 2.05) is 4.57 Å². The summed E-state index contributed by atoms with van der Waals surface area (Å²) in [6.45, 7) is 0.586. The molecule has 0 saturated carbocycles. The highest BCUT2D eigenvalue weighted by atomic mass is 32.2. The van der Waals surface area contributed by atoms with Crippen molar-refractivity contribution in [1.29, 1.82) is 0 Å². The number of aryl methyl sites for hydroxylation is 1. The highest BCUT2D eigenvalue weighted by Crippen LogP contribution is 2.47. The molecule has 1 unspecified atom stereocenters. The number of pyridine rings is 1. The fraction of sp³-hybridized carbons (Fsp3) is 0.333. The summed E-state index contributed by atoms with van der Waals surface area (Å²) in [6.07, 6.45) is -0.795. The van der Waals surface area contributed by atoms with E-state index in [0.29, 0.717) is 39.4 Å². The van der Waals surface area contributed by atoms with Crippen LogP contribution in [0.2, 0.25) is 0 Å². The first-order valence-corrected chi connectivity index (χ1v) is 12.5. The fourth-order valence-corrected chi connectivity index (χ4v) is 6.24. The number of nitrogens with zero attached hydrogens (tertiary/aromatic N) is 2. The van der Waals surface area contributed by atoms with Crippen LogP contribution < -0.4 is 0 Å². The molecule has 170 valence electrons. The van der Waals surface area contributed by atoms with Crippen molar-refractivity contribution in [1.82, 2.24) is 9.55 Å². The number of halogens is 3. The van der Waals surface area contributed by atoms with E-state index >= 15 is 0 Å². The summed E-state index contributed by atoms with van der Waals surface area (Å²) in [7, 11) is -3.71. The molecule has 6 nitrogen and oxygen atoms in total. The van der Waals surface area contributed by atoms with Crippen LogP contribution in [-0.4, -0.2) is 35.3 Å². The Labute approximate surface area is 186 Å². The van der Waals surface area contributed by atoms with Crippen LogP contribution in [0.15, 0.2) is 51.3 Å². The van der Waals surface area contributed by atoms with Crippen LogP contribution >= 0.6 is 11.8 Å². The number of rotatable bonds is 5. The molecule has 1 aromatic carbocycles. The first-order chi connectivity index (χ1) is 15.0. The number of carbonyl (C=O) groups is 1. The van der Waals surface area contributed by atoms with Gasteiger partial charge in [-0.25, -0.2) is 13.4 Å². The van der Waals surface area contributed by atoms with E-state index in [0.717, 1.165) is 36.6 Å². The summed E-state index contributed by atoms with van der Waals surface area (Å²) in [5, 5.41) is 9.66. The molecular formula is C21H19F3N2O4S2. The van der Waals surface area contributed by atoms with Crippen molar-refractivity contribution < 1.29 is 31.5 Å². The van der Waals surface area contributed by atoms with Crippen LogP contribution in [0.1, 0.15) is 36.4 Å². The lowest BCUT2D eigenvalue weighted by atomic mass is 9.93. The second kappa shape index (κ2) is 8.11. The third-order valence-corrected chi connectivity index (χ3v) is 7.57. The minimum absolute atomic E-state index is 0.125. The van der Waals surface area contributed by atoms with Crippen LogP contribution in [0.3, 0.4) is 0 Å². The Morgan fingerprint density at radius 1 is 1.25 bits per heavy atom. The lowest BCUT2D eigenvalue weighted by molar-refractivity contribution is -0.138. The Morgan fingerprint density at radius 2 is 1.94 bits per heavy atom. The SMILES string of the molecule is CS(=O)(=O)c1nccc2c1c(Sc1ccc(C(F)(F)F)cc1)c1n2CCCC1CC(=O)O. The molecular weight excluding hydrogens is 465 g/mol. The molecule has 1 aliphatic rings. The van der Waals surface area contributed by atoms with Crippen LogP contribution in [0.25, 0.3) is 10.9 Å². The number of benzene rings is 1. The Balaban J connectivity index is 1.94. The van der Waals surface area contributed by atoms with Gasteiger partial charge in [0.25, 0.3) is 0 Å². The van der Waals surface area contributed by atoms with E-state index in [1.54, 1.807) is 6.07 Å². The van der Waals surface area contributed by atoms with Gasteiger partial charge in [0.1, 0.15) is 0 Å². The smallest absolute Gasteiger partial charge is 0.416 e. The van der Waals surface area contributed by atoms with Gasteiger partial charge in [-0.05, 0) is 43.2 Å². The average molecular weight is 485 g/mol. The van der Waals surface area contributed by atoms with E-state index in [4.69, 9.17) is 0 Å². The van der Waals surface area contributed by atoms with Crippen molar-refractivity contribution in [3.63, 3.8) is 0 Å². The zero-order valence-corrected chi connectivity index (χ0v) is 18.5. The standard InChI is InChI=1S/C21H19F3N2O4S2/c1-32(29,30)20-17-15(8-9-25-20)26-10-2-3-12(11-16(27)28)18(26)19(17)31-14-6-4-13(5-7-14)21(22,23)24/h4-9,12H,2-3,10-11H2,1H3,(H,27,28). The summed E-state index contributed by atoms with van der Waals surface area (Å²) in [5.41, 5.74) is 0.532. The fourth-order valence-electron chi connectivity index (χ4n) is 4.15. The molecule has 0 bridgehead atoms. The van der Waals surface area contributed by atoms with Gasteiger partial charge in [0.05, 0.1) is 22.9 Å². The Bertz CT molecular complexity index is 1300. The van der Waals surface area contributed by atoms with Crippen molar-refractivity contribution in [2.75, 3.05) is 6.26 Å². The molecule has 3 aromatic rings. The second-order valence-electron chi connectivity index (χ2n) is 7.71. The average Bonchev–Trinajstić information content (AvgIpc) is 3.01. The molecule has 0 amide bonds. The topological polar surface area (TPSA) is 89.3 Å². The highest BCUT2D eigenvalue weighted by molar-refractivity contribution is 7.99. The molecule has 0 spiro atoms. The maximum atomic E-state index is 12.9. The summed E-state index contributed by atoms with van der Waals surface area (Å²) >= 11 is 1.13. The van der Waals surface area contributed by atoms with Crippen LogP contribution in [0.4, 0.5) is 13.2 Å².